The third kappa shape index (κ3) is 3.97. The summed E-state index contributed by atoms with van der Waals surface area (Å²) < 4.78 is 4.84. The lowest BCUT2D eigenvalue weighted by Crippen LogP contribution is -2.19. The molecule has 1 aliphatic heterocycles. The van der Waals surface area contributed by atoms with E-state index in [9.17, 15) is 19.2 Å². The van der Waals surface area contributed by atoms with Gasteiger partial charge in [0.05, 0.1) is 0 Å². The summed E-state index contributed by atoms with van der Waals surface area (Å²) in [7, 11) is 0. The van der Waals surface area contributed by atoms with Crippen molar-refractivity contribution in [2.45, 2.75) is 0 Å². The molecular weight excluding hydrogens is 524 g/mol. The molecule has 1 aromatic heterocycles. The van der Waals surface area contributed by atoms with E-state index < -0.39 is 11.9 Å². The van der Waals surface area contributed by atoms with E-state index in [0.29, 0.717) is 0 Å². The first-order valence-electron chi connectivity index (χ1n) is 4.23. The average Bonchev–Trinajstić information content (AvgIpc) is 2.59. The van der Waals surface area contributed by atoms with Gasteiger partial charge in [-0.2, -0.15) is 0 Å². The fourth-order valence-electron chi connectivity index (χ4n) is 0.776. The number of ether oxygens (including phenoxy) is 1. The van der Waals surface area contributed by atoms with Gasteiger partial charge in [0, 0.05) is 0 Å². The number of nitrogens with one attached hydrogen (secondary N) is 2. The second kappa shape index (κ2) is 6.77. The predicted octanol–water partition coefficient (Wildman–Crippen LogP) is 1.66. The smallest absolute Gasteiger partial charge is 0.354 e. The Hall–Kier alpha value is -0.520. The van der Waals surface area contributed by atoms with Gasteiger partial charge >= 0.3 is 11.9 Å². The van der Waals surface area contributed by atoms with E-state index in [2.05, 4.69) is 78.7 Å². The maximum atomic E-state index is 10.7. The Morgan fingerprint density at radius 3 is 1.21 bits per heavy atom. The molecule has 0 unspecified atom stereocenters. The SMILES string of the molecule is O=C1OC(=O)C(Br)=C1Br.O=c1[nH][nH]c(=O)c(Br)c1Br. The molecule has 0 aromatic carbocycles. The third-order valence-corrected chi connectivity index (χ3v) is 5.64. The lowest BCUT2D eigenvalue weighted by Gasteiger charge is -1.89. The standard InChI is InChI=1S/C4H2Br2N2O2.C4Br2O3/c5-1-2(6)4(10)8-7-3(1)9;5-1-2(6)4(8)9-3(1)7/h(H,7,9)(H,8,10);. The zero-order valence-electron chi connectivity index (χ0n) is 8.55. The first kappa shape index (κ1) is 16.5. The number of carbonyl (C=O) groups excluding carboxylic acids is 2. The van der Waals surface area contributed by atoms with Crippen molar-refractivity contribution in [2.75, 3.05) is 0 Å². The Bertz CT molecular complexity index is 632. The molecule has 0 saturated heterocycles. The molecule has 2 N–H and O–H groups in total. The highest BCUT2D eigenvalue weighted by atomic mass is 79.9. The Morgan fingerprint density at radius 2 is 1.00 bits per heavy atom. The number of halogens is 4. The van der Waals surface area contributed by atoms with Crippen molar-refractivity contribution in [3.8, 4) is 0 Å². The van der Waals surface area contributed by atoms with Crippen LogP contribution < -0.4 is 11.1 Å². The van der Waals surface area contributed by atoms with Gasteiger partial charge in [-0.25, -0.2) is 9.59 Å². The number of hydrogen-bond acceptors (Lipinski definition) is 5. The van der Waals surface area contributed by atoms with Crippen molar-refractivity contribution in [1.82, 2.24) is 10.2 Å². The van der Waals surface area contributed by atoms with Gasteiger partial charge in [0.15, 0.2) is 0 Å². The normalized spacial score (nSPS) is 14.1. The van der Waals surface area contributed by atoms with E-state index in [0.717, 1.165) is 0 Å². The lowest BCUT2D eigenvalue weighted by atomic mass is 10.6. The summed E-state index contributed by atoms with van der Waals surface area (Å²) in [5.74, 6) is -1.29. The highest BCUT2D eigenvalue weighted by Crippen LogP contribution is 2.26. The molecule has 0 aliphatic carbocycles. The Labute approximate surface area is 138 Å². The summed E-state index contributed by atoms with van der Waals surface area (Å²) in [5.41, 5.74) is -0.738. The maximum absolute atomic E-state index is 10.7. The zero-order valence-corrected chi connectivity index (χ0v) is 14.9. The summed E-state index contributed by atoms with van der Waals surface area (Å²) in [6.45, 7) is 0. The van der Waals surface area contributed by atoms with E-state index in [1.54, 1.807) is 0 Å². The van der Waals surface area contributed by atoms with Crippen molar-refractivity contribution in [3.63, 3.8) is 0 Å². The van der Waals surface area contributed by atoms with Gasteiger partial charge in [0.2, 0.25) is 0 Å². The fraction of sp³-hybridized carbons (Fsp3) is 0. The molecule has 0 fully saturated rings. The minimum atomic E-state index is -0.646. The highest BCUT2D eigenvalue weighted by molar-refractivity contribution is 9.14. The van der Waals surface area contributed by atoms with Crippen LogP contribution in [0.1, 0.15) is 0 Å². The van der Waals surface area contributed by atoms with Gasteiger partial charge < -0.3 is 4.74 Å². The van der Waals surface area contributed by atoms with Crippen LogP contribution in [-0.4, -0.2) is 22.1 Å². The van der Waals surface area contributed by atoms with E-state index in [4.69, 9.17) is 0 Å². The molecule has 0 spiro atoms. The second-order valence-electron chi connectivity index (χ2n) is 2.84. The Kier molecular flexibility index (Phi) is 5.89. The number of hydrogen-bond donors (Lipinski definition) is 2. The van der Waals surface area contributed by atoms with Gasteiger partial charge in [0.1, 0.15) is 17.9 Å². The van der Waals surface area contributed by atoms with Crippen LogP contribution >= 0.6 is 63.7 Å². The van der Waals surface area contributed by atoms with E-state index in [-0.39, 0.29) is 29.0 Å². The molecule has 0 radical (unpaired) electrons. The molecule has 102 valence electrons. The Balaban J connectivity index is 0.000000191. The first-order valence-corrected chi connectivity index (χ1v) is 7.40. The van der Waals surface area contributed by atoms with E-state index in [1.807, 2.05) is 0 Å². The van der Waals surface area contributed by atoms with Crippen molar-refractivity contribution >= 4 is 75.7 Å². The largest absolute Gasteiger partial charge is 0.385 e. The number of cyclic esters (lactones) is 2. The van der Waals surface area contributed by atoms with Gasteiger partial charge in [0.25, 0.3) is 11.1 Å². The molecule has 0 amide bonds. The fourth-order valence-corrected chi connectivity index (χ4v) is 1.82. The summed E-state index contributed by atoms with van der Waals surface area (Å²) in [6.07, 6.45) is 0. The number of aromatic nitrogens is 2. The number of esters is 2. The minimum absolute atomic E-state index is 0.146. The predicted molar refractivity (Wildman–Crippen MR) is 79.1 cm³/mol. The highest BCUT2D eigenvalue weighted by Gasteiger charge is 2.29. The second-order valence-corrected chi connectivity index (χ2v) is 6.01. The van der Waals surface area contributed by atoms with Crippen LogP contribution in [0.5, 0.6) is 0 Å². The molecule has 7 nitrogen and oxygen atoms in total. The maximum Gasteiger partial charge on any atom is 0.354 e. The van der Waals surface area contributed by atoms with Crippen molar-refractivity contribution < 1.29 is 14.3 Å². The number of H-pyrrole nitrogens is 2. The molecule has 0 saturated carbocycles. The minimum Gasteiger partial charge on any atom is -0.385 e. The first-order chi connectivity index (χ1) is 8.75. The molecule has 0 bridgehead atoms. The van der Waals surface area contributed by atoms with Crippen molar-refractivity contribution in [2.24, 2.45) is 0 Å². The van der Waals surface area contributed by atoms with Crippen molar-refractivity contribution in [1.29, 1.82) is 0 Å². The topological polar surface area (TPSA) is 109 Å². The van der Waals surface area contributed by atoms with Crippen LogP contribution in [0.25, 0.3) is 0 Å². The third-order valence-electron chi connectivity index (χ3n) is 1.62. The van der Waals surface area contributed by atoms with Gasteiger partial charge in [-0.15, -0.1) is 0 Å². The molecule has 1 aromatic rings. The van der Waals surface area contributed by atoms with Gasteiger partial charge in [-0.05, 0) is 63.7 Å². The van der Waals surface area contributed by atoms with Crippen LogP contribution in [0, 0.1) is 0 Å². The van der Waals surface area contributed by atoms with E-state index in [1.165, 1.54) is 0 Å². The zero-order chi connectivity index (χ0) is 14.7. The summed E-state index contributed by atoms with van der Waals surface area (Å²) in [4.78, 5) is 42.2. The van der Waals surface area contributed by atoms with Crippen molar-refractivity contribution in [3.05, 3.63) is 38.6 Å². The molecular formula is C8H2Br4N2O5. The van der Waals surface area contributed by atoms with Gasteiger partial charge in [-0.1, -0.05) is 0 Å². The van der Waals surface area contributed by atoms with E-state index >= 15 is 0 Å². The number of aromatic amines is 2. The van der Waals surface area contributed by atoms with Gasteiger partial charge in [-0.3, -0.25) is 19.8 Å². The van der Waals surface area contributed by atoms with Crippen LogP contribution in [0.4, 0.5) is 0 Å². The molecule has 19 heavy (non-hydrogen) atoms. The quantitative estimate of drug-likeness (QED) is 0.396. The molecule has 2 heterocycles. The monoisotopic (exact) mass is 522 g/mol. The van der Waals surface area contributed by atoms with Crippen LogP contribution in [0.2, 0.25) is 0 Å². The summed E-state index contributed by atoms with van der Waals surface area (Å²) in [5, 5.41) is 4.28. The lowest BCUT2D eigenvalue weighted by molar-refractivity contribution is -0.150. The van der Waals surface area contributed by atoms with Crippen LogP contribution in [0.3, 0.4) is 0 Å². The molecule has 11 heteroatoms. The Morgan fingerprint density at radius 1 is 0.684 bits per heavy atom. The summed E-state index contributed by atoms with van der Waals surface area (Å²) >= 11 is 11.5. The number of carbonyl (C=O) groups is 2. The molecule has 0 atom stereocenters. The molecule has 1 aliphatic rings. The summed E-state index contributed by atoms with van der Waals surface area (Å²) in [6, 6.07) is 0. The van der Waals surface area contributed by atoms with Crippen LogP contribution in [-0.2, 0) is 14.3 Å². The number of rotatable bonds is 0. The molecule has 2 rings (SSSR count). The average molecular weight is 526 g/mol. The van der Waals surface area contributed by atoms with Crippen LogP contribution in [0.15, 0.2) is 27.5 Å².